The minimum atomic E-state index is -4.67. The summed E-state index contributed by atoms with van der Waals surface area (Å²) in [6.07, 6.45) is -4.67. The van der Waals surface area contributed by atoms with Crippen LogP contribution in [0, 0.1) is 0 Å². The average molecular weight is 244 g/mol. The summed E-state index contributed by atoms with van der Waals surface area (Å²) >= 11 is 5.35. The molecule has 0 saturated heterocycles. The lowest BCUT2D eigenvalue weighted by molar-refractivity contribution is -0.144. The van der Waals surface area contributed by atoms with Gasteiger partial charge in [-0.15, -0.1) is 0 Å². The van der Waals surface area contributed by atoms with E-state index in [1.165, 1.54) is 0 Å². The zero-order chi connectivity index (χ0) is 11.5. The van der Waals surface area contributed by atoms with E-state index in [2.05, 4.69) is 15.3 Å². The van der Waals surface area contributed by atoms with Crippen molar-refractivity contribution in [3.63, 3.8) is 0 Å². The standard InChI is InChI=1S/C7H6ClF4N3/c8-4-3-5(13-2-1-9)15-6(14-4)7(10,11)12/h3H,1-2H2,(H,13,14,15). The molecular formula is C7H6ClF4N3. The Labute approximate surface area is 87.5 Å². The number of halogens is 5. The maximum atomic E-state index is 12.2. The zero-order valence-electron chi connectivity index (χ0n) is 7.28. The largest absolute Gasteiger partial charge is 0.451 e. The second-order valence-corrected chi connectivity index (χ2v) is 2.90. The smallest absolute Gasteiger partial charge is 0.367 e. The molecular weight excluding hydrogens is 238 g/mol. The lowest BCUT2D eigenvalue weighted by Gasteiger charge is -2.08. The van der Waals surface area contributed by atoms with Gasteiger partial charge < -0.3 is 5.32 Å². The molecule has 84 valence electrons. The molecule has 0 fully saturated rings. The summed E-state index contributed by atoms with van der Waals surface area (Å²) < 4.78 is 48.3. The van der Waals surface area contributed by atoms with Crippen LogP contribution < -0.4 is 5.32 Å². The minimum absolute atomic E-state index is 0.134. The molecule has 1 N–H and O–H groups in total. The highest BCUT2D eigenvalue weighted by Gasteiger charge is 2.35. The van der Waals surface area contributed by atoms with Crippen LogP contribution in [0.25, 0.3) is 0 Å². The SMILES string of the molecule is FCCNc1cc(Cl)nc(C(F)(F)F)n1. The van der Waals surface area contributed by atoms with Crippen LogP contribution in [0.15, 0.2) is 6.07 Å². The molecule has 1 heterocycles. The number of aromatic nitrogens is 2. The highest BCUT2D eigenvalue weighted by molar-refractivity contribution is 6.29. The normalized spacial score (nSPS) is 11.5. The Bertz CT molecular complexity index is 341. The first kappa shape index (κ1) is 12.0. The summed E-state index contributed by atoms with van der Waals surface area (Å²) in [7, 11) is 0. The molecule has 0 aliphatic heterocycles. The van der Waals surface area contributed by atoms with Crippen molar-refractivity contribution in [2.75, 3.05) is 18.5 Å². The molecule has 1 rings (SSSR count). The van der Waals surface area contributed by atoms with Crippen molar-refractivity contribution in [3.05, 3.63) is 17.0 Å². The molecule has 0 aliphatic rings. The van der Waals surface area contributed by atoms with E-state index in [0.717, 1.165) is 6.07 Å². The highest BCUT2D eigenvalue weighted by atomic mass is 35.5. The molecule has 0 radical (unpaired) electrons. The van der Waals surface area contributed by atoms with Gasteiger partial charge in [-0.25, -0.2) is 14.4 Å². The molecule has 0 aromatic carbocycles. The van der Waals surface area contributed by atoms with Gasteiger partial charge in [0.2, 0.25) is 5.82 Å². The summed E-state index contributed by atoms with van der Waals surface area (Å²) in [6.45, 7) is -0.854. The number of hydrogen-bond acceptors (Lipinski definition) is 3. The monoisotopic (exact) mass is 243 g/mol. The van der Waals surface area contributed by atoms with Crippen molar-refractivity contribution < 1.29 is 17.6 Å². The zero-order valence-corrected chi connectivity index (χ0v) is 8.03. The molecule has 1 aromatic rings. The third-order valence-electron chi connectivity index (χ3n) is 1.35. The van der Waals surface area contributed by atoms with Gasteiger partial charge >= 0.3 is 6.18 Å². The van der Waals surface area contributed by atoms with Crippen molar-refractivity contribution in [2.24, 2.45) is 0 Å². The van der Waals surface area contributed by atoms with E-state index in [1.807, 2.05) is 0 Å². The van der Waals surface area contributed by atoms with Crippen LogP contribution >= 0.6 is 11.6 Å². The molecule has 0 spiro atoms. The molecule has 3 nitrogen and oxygen atoms in total. The maximum absolute atomic E-state index is 12.2. The second kappa shape index (κ2) is 4.61. The topological polar surface area (TPSA) is 37.8 Å². The minimum Gasteiger partial charge on any atom is -0.367 e. The quantitative estimate of drug-likeness (QED) is 0.655. The lowest BCUT2D eigenvalue weighted by Crippen LogP contribution is -2.14. The Balaban J connectivity index is 2.95. The second-order valence-electron chi connectivity index (χ2n) is 2.51. The Morgan fingerprint density at radius 3 is 2.53 bits per heavy atom. The molecule has 0 saturated carbocycles. The third kappa shape index (κ3) is 3.50. The van der Waals surface area contributed by atoms with E-state index in [1.54, 1.807) is 0 Å². The Kier molecular flexibility index (Phi) is 3.67. The highest BCUT2D eigenvalue weighted by Crippen LogP contribution is 2.28. The van der Waals surface area contributed by atoms with Crippen LogP contribution in [-0.4, -0.2) is 23.2 Å². The molecule has 0 amide bonds. The van der Waals surface area contributed by atoms with Gasteiger partial charge in [0.15, 0.2) is 0 Å². The molecule has 8 heteroatoms. The first-order valence-corrected chi connectivity index (χ1v) is 4.23. The summed E-state index contributed by atoms with van der Waals surface area (Å²) in [4.78, 5) is 6.15. The number of anilines is 1. The van der Waals surface area contributed by atoms with Gasteiger partial charge in [0.25, 0.3) is 0 Å². The average Bonchev–Trinajstić information content (AvgIpc) is 2.12. The van der Waals surface area contributed by atoms with Crippen molar-refractivity contribution in [3.8, 4) is 0 Å². The fourth-order valence-corrected chi connectivity index (χ4v) is 0.994. The molecule has 1 aromatic heterocycles. The van der Waals surface area contributed by atoms with Crippen LogP contribution in [0.4, 0.5) is 23.4 Å². The van der Waals surface area contributed by atoms with Gasteiger partial charge in [0.1, 0.15) is 17.6 Å². The fourth-order valence-electron chi connectivity index (χ4n) is 0.810. The van der Waals surface area contributed by atoms with E-state index in [-0.39, 0.29) is 17.5 Å². The van der Waals surface area contributed by atoms with Crippen LogP contribution in [0.3, 0.4) is 0 Å². The summed E-state index contributed by atoms with van der Waals surface area (Å²) in [5.41, 5.74) is 0. The molecule has 0 bridgehead atoms. The van der Waals surface area contributed by atoms with Crippen molar-refractivity contribution in [1.29, 1.82) is 0 Å². The predicted molar refractivity (Wildman–Crippen MR) is 46.5 cm³/mol. The van der Waals surface area contributed by atoms with Crippen molar-refractivity contribution in [1.82, 2.24) is 9.97 Å². The third-order valence-corrected chi connectivity index (χ3v) is 1.54. The van der Waals surface area contributed by atoms with Crippen LogP contribution in [0.5, 0.6) is 0 Å². The van der Waals surface area contributed by atoms with Crippen LogP contribution in [0.2, 0.25) is 5.15 Å². The van der Waals surface area contributed by atoms with E-state index < -0.39 is 18.7 Å². The number of alkyl halides is 4. The molecule has 0 unspecified atom stereocenters. The van der Waals surface area contributed by atoms with E-state index in [0.29, 0.717) is 0 Å². The Morgan fingerprint density at radius 2 is 2.00 bits per heavy atom. The van der Waals surface area contributed by atoms with Gasteiger partial charge in [0, 0.05) is 12.6 Å². The summed E-state index contributed by atoms with van der Waals surface area (Å²) in [6, 6.07) is 1.09. The predicted octanol–water partition coefficient (Wildman–Crippen LogP) is 2.53. The first-order chi connectivity index (χ1) is 6.93. The number of hydrogen-bond donors (Lipinski definition) is 1. The van der Waals surface area contributed by atoms with Gasteiger partial charge in [0.05, 0.1) is 0 Å². The van der Waals surface area contributed by atoms with E-state index in [9.17, 15) is 17.6 Å². The number of nitrogens with one attached hydrogen (secondary N) is 1. The first-order valence-electron chi connectivity index (χ1n) is 3.85. The summed E-state index contributed by atoms with van der Waals surface area (Å²) in [5, 5.41) is 1.99. The van der Waals surface area contributed by atoms with Gasteiger partial charge in [-0.3, -0.25) is 0 Å². The van der Waals surface area contributed by atoms with Crippen molar-refractivity contribution >= 4 is 17.4 Å². The van der Waals surface area contributed by atoms with Crippen LogP contribution in [-0.2, 0) is 6.18 Å². The Morgan fingerprint density at radius 1 is 1.33 bits per heavy atom. The van der Waals surface area contributed by atoms with Gasteiger partial charge in [-0.05, 0) is 0 Å². The molecule has 0 atom stereocenters. The maximum Gasteiger partial charge on any atom is 0.451 e. The fraction of sp³-hybridized carbons (Fsp3) is 0.429. The van der Waals surface area contributed by atoms with E-state index in [4.69, 9.17) is 11.6 Å². The van der Waals surface area contributed by atoms with Crippen LogP contribution in [0.1, 0.15) is 5.82 Å². The molecule has 0 aliphatic carbocycles. The van der Waals surface area contributed by atoms with Gasteiger partial charge in [-0.1, -0.05) is 11.6 Å². The number of nitrogens with zero attached hydrogens (tertiary/aromatic N) is 2. The van der Waals surface area contributed by atoms with Crippen molar-refractivity contribution in [2.45, 2.75) is 6.18 Å². The number of rotatable bonds is 3. The Hall–Kier alpha value is -1.11. The van der Waals surface area contributed by atoms with Gasteiger partial charge in [-0.2, -0.15) is 13.2 Å². The summed E-state index contributed by atoms with van der Waals surface area (Å²) in [5.74, 6) is -1.50. The molecule has 15 heavy (non-hydrogen) atoms. The lowest BCUT2D eigenvalue weighted by atomic mass is 10.5. The van der Waals surface area contributed by atoms with E-state index >= 15 is 0 Å².